The Labute approximate surface area is 145 Å². The molecule has 1 nitrogen and oxygen atoms in total. The van der Waals surface area contributed by atoms with Crippen LogP contribution in [0.1, 0.15) is 43.2 Å². The van der Waals surface area contributed by atoms with Gasteiger partial charge in [-0.2, -0.15) is 0 Å². The Hall–Kier alpha value is -0.717. The molecule has 1 aliphatic heterocycles. The van der Waals surface area contributed by atoms with Gasteiger partial charge < -0.3 is 0 Å². The van der Waals surface area contributed by atoms with Crippen molar-refractivity contribution in [2.75, 3.05) is 0 Å². The maximum absolute atomic E-state index is 2.77. The molecule has 112 valence electrons. The molecular weight excluding hydrogens is 463 g/mol. The van der Waals surface area contributed by atoms with E-state index in [1.807, 2.05) is 0 Å². The second kappa shape index (κ2) is 6.81. The second-order valence-corrected chi connectivity index (χ2v) is 11.2. The van der Waals surface area contributed by atoms with Crippen LogP contribution >= 0.6 is 0 Å². The van der Waals surface area contributed by atoms with Crippen molar-refractivity contribution in [3.05, 3.63) is 59.7 Å². The monoisotopic (exact) mass is 486 g/mol. The van der Waals surface area contributed by atoms with Crippen molar-refractivity contribution in [1.82, 2.24) is 4.90 Å². The van der Waals surface area contributed by atoms with Gasteiger partial charge in [-0.05, 0) is 0 Å². The number of hydrogen-bond donors (Lipinski definition) is 0. The third-order valence-electron chi connectivity index (χ3n) is 5.06. The Balaban J connectivity index is 1.72. The number of fused-ring (bicyclic) bond motifs is 2. The van der Waals surface area contributed by atoms with E-state index in [-0.39, 0.29) is 0 Å². The summed E-state index contributed by atoms with van der Waals surface area (Å²) in [6, 6.07) is 19.3. The van der Waals surface area contributed by atoms with E-state index in [2.05, 4.69) is 53.4 Å². The summed E-state index contributed by atoms with van der Waals surface area (Å²) in [5.74, 6) is 0. The standard InChI is InChI=1S/C20H23N.Bi/c1-4-10-18(11-5-1)16-21(20-14-8-3-9-15-20)17-19-12-6-2-7-13-19;/h1-2,4-7,10,12,20H,3,8-9,14-17H2;/q;+1. The molecule has 2 aromatic carbocycles. The summed E-state index contributed by atoms with van der Waals surface area (Å²) in [5.41, 5.74) is 3.22. The van der Waals surface area contributed by atoms with Gasteiger partial charge in [-0.3, -0.25) is 0 Å². The van der Waals surface area contributed by atoms with E-state index in [0.29, 0.717) is 0 Å². The maximum atomic E-state index is 2.77. The molecule has 2 aromatic rings. The summed E-state index contributed by atoms with van der Waals surface area (Å²) in [4.78, 5) is 2.77. The van der Waals surface area contributed by atoms with Gasteiger partial charge in [0.15, 0.2) is 0 Å². The SMILES string of the molecule is c1cc[c]2c(c1)CN(C1CCCCC1)Cc1cccc[c]1[Bi+]2. The van der Waals surface area contributed by atoms with E-state index < -0.39 is 23.2 Å². The summed E-state index contributed by atoms with van der Waals surface area (Å²) in [6.07, 6.45) is 7.06. The van der Waals surface area contributed by atoms with Gasteiger partial charge in [0.25, 0.3) is 0 Å². The fraction of sp³-hybridized carbons (Fsp3) is 0.400. The van der Waals surface area contributed by atoms with Gasteiger partial charge in [-0.25, -0.2) is 0 Å². The minimum absolute atomic E-state index is 0.755. The third-order valence-corrected chi connectivity index (χ3v) is 10.3. The van der Waals surface area contributed by atoms with Gasteiger partial charge >= 0.3 is 146 Å². The van der Waals surface area contributed by atoms with E-state index in [4.69, 9.17) is 0 Å². The Morgan fingerprint density at radius 2 is 1.27 bits per heavy atom. The van der Waals surface area contributed by atoms with Crippen LogP contribution in [0.2, 0.25) is 0 Å². The molecule has 0 aromatic heterocycles. The molecule has 1 heterocycles. The van der Waals surface area contributed by atoms with Gasteiger partial charge in [-0.1, -0.05) is 0 Å². The van der Waals surface area contributed by atoms with Crippen LogP contribution in [0.5, 0.6) is 0 Å². The summed E-state index contributed by atoms with van der Waals surface area (Å²) >= 11 is -0.755. The zero-order valence-corrected chi connectivity index (χ0v) is 16.5. The molecule has 0 bridgehead atoms. The summed E-state index contributed by atoms with van der Waals surface area (Å²) in [7, 11) is 0. The molecule has 2 aliphatic rings. The van der Waals surface area contributed by atoms with E-state index in [0.717, 1.165) is 6.04 Å². The first-order valence-electron chi connectivity index (χ1n) is 8.52. The molecule has 2 heteroatoms. The van der Waals surface area contributed by atoms with Crippen molar-refractivity contribution in [2.24, 2.45) is 0 Å². The molecule has 0 saturated heterocycles. The van der Waals surface area contributed by atoms with Crippen LogP contribution in [0, 0.1) is 0 Å². The van der Waals surface area contributed by atoms with Gasteiger partial charge in [0.1, 0.15) is 0 Å². The van der Waals surface area contributed by atoms with Crippen LogP contribution in [0.4, 0.5) is 0 Å². The van der Waals surface area contributed by atoms with E-state index >= 15 is 0 Å². The molecule has 0 amide bonds. The number of benzene rings is 2. The van der Waals surface area contributed by atoms with Gasteiger partial charge in [0.05, 0.1) is 0 Å². The second-order valence-electron chi connectivity index (χ2n) is 6.57. The van der Waals surface area contributed by atoms with E-state index in [9.17, 15) is 0 Å². The van der Waals surface area contributed by atoms with E-state index in [1.54, 1.807) is 17.7 Å². The molecule has 0 atom stereocenters. The van der Waals surface area contributed by atoms with Crippen LogP contribution in [0.15, 0.2) is 48.5 Å². The third kappa shape index (κ3) is 3.14. The van der Waals surface area contributed by atoms with Gasteiger partial charge in [-0.15, -0.1) is 0 Å². The first-order valence-corrected chi connectivity index (χ1v) is 12.0. The molecule has 1 saturated carbocycles. The molecule has 2 radical (unpaired) electrons. The molecular formula is C20H23BiN+. The molecule has 0 N–H and O–H groups in total. The topological polar surface area (TPSA) is 3.24 Å². The zero-order chi connectivity index (χ0) is 14.8. The number of nitrogens with zero attached hydrogens (tertiary/aromatic N) is 1. The van der Waals surface area contributed by atoms with Crippen molar-refractivity contribution in [1.29, 1.82) is 0 Å². The average Bonchev–Trinajstić information content (AvgIpc) is 2.56. The minimum atomic E-state index is -0.755. The van der Waals surface area contributed by atoms with Gasteiger partial charge in [0, 0.05) is 0 Å². The predicted octanol–water partition coefficient (Wildman–Crippen LogP) is 2.99. The first kappa shape index (κ1) is 14.8. The van der Waals surface area contributed by atoms with Crippen LogP contribution in [0.25, 0.3) is 0 Å². The van der Waals surface area contributed by atoms with Crippen LogP contribution < -0.4 is 6.54 Å². The van der Waals surface area contributed by atoms with Crippen molar-refractivity contribution >= 4 is 29.8 Å². The van der Waals surface area contributed by atoms with Crippen LogP contribution in [-0.2, 0) is 13.1 Å². The van der Waals surface area contributed by atoms with Crippen molar-refractivity contribution in [2.45, 2.75) is 51.2 Å². The van der Waals surface area contributed by atoms with E-state index in [1.165, 1.54) is 45.2 Å². The van der Waals surface area contributed by atoms with Crippen LogP contribution in [-0.4, -0.2) is 34.2 Å². The molecule has 1 fully saturated rings. The summed E-state index contributed by atoms with van der Waals surface area (Å²) in [5, 5.41) is 0. The Morgan fingerprint density at radius 3 is 1.86 bits per heavy atom. The normalized spacial score (nSPS) is 19.8. The molecule has 4 rings (SSSR count). The summed E-state index contributed by atoms with van der Waals surface area (Å²) in [6.45, 7) is 2.33. The van der Waals surface area contributed by atoms with Crippen molar-refractivity contribution in [3.63, 3.8) is 0 Å². The Kier molecular flexibility index (Phi) is 4.60. The first-order chi connectivity index (χ1) is 10.9. The average molecular weight is 486 g/mol. The molecule has 1 aliphatic carbocycles. The van der Waals surface area contributed by atoms with Crippen LogP contribution in [0.3, 0.4) is 0 Å². The fourth-order valence-corrected chi connectivity index (χ4v) is 8.34. The molecule has 0 spiro atoms. The fourth-order valence-electron chi connectivity index (χ4n) is 3.83. The quantitative estimate of drug-likeness (QED) is 0.561. The Morgan fingerprint density at radius 1 is 0.727 bits per heavy atom. The van der Waals surface area contributed by atoms with Crippen molar-refractivity contribution < 1.29 is 0 Å². The molecule has 22 heavy (non-hydrogen) atoms. The summed E-state index contributed by atoms with van der Waals surface area (Å²) < 4.78 is 3.38. The molecule has 0 unspecified atom stereocenters. The Bertz CT molecular complexity index is 598. The zero-order valence-electron chi connectivity index (χ0n) is 13.0. The van der Waals surface area contributed by atoms with Gasteiger partial charge in [0.2, 0.25) is 0 Å². The van der Waals surface area contributed by atoms with Crippen molar-refractivity contribution in [3.8, 4) is 0 Å². The predicted molar refractivity (Wildman–Crippen MR) is 94.0 cm³/mol. The number of rotatable bonds is 1. The number of hydrogen-bond acceptors (Lipinski definition) is 1.